The highest BCUT2D eigenvalue weighted by Crippen LogP contribution is 2.70. The summed E-state index contributed by atoms with van der Waals surface area (Å²) in [5, 5.41) is 0.590. The summed E-state index contributed by atoms with van der Waals surface area (Å²) < 4.78 is 0. The first-order chi connectivity index (χ1) is 21.9. The zero-order valence-electron chi connectivity index (χ0n) is 24.6. The first kappa shape index (κ1) is 28.8. The Hall–Kier alpha value is -3.98. The zero-order valence-corrected chi connectivity index (χ0v) is 26.2. The van der Waals surface area contributed by atoms with Gasteiger partial charge in [-0.25, -0.2) is 0 Å². The van der Waals surface area contributed by atoms with Crippen molar-refractivity contribution >= 4 is 23.5 Å². The molecule has 1 aliphatic carbocycles. The van der Waals surface area contributed by atoms with Crippen LogP contribution in [0.25, 0.3) is 0 Å². The molecule has 1 saturated carbocycles. The smallest absolute Gasteiger partial charge is 0.0384 e. The van der Waals surface area contributed by atoms with Crippen LogP contribution < -0.4 is 0 Å². The lowest BCUT2D eigenvalue weighted by Crippen LogP contribution is -2.48. The van der Waals surface area contributed by atoms with Crippen molar-refractivity contribution in [3.8, 4) is 0 Å². The van der Waals surface area contributed by atoms with Gasteiger partial charge in [-0.2, -0.15) is 0 Å². The Bertz CT molecular complexity index is 1570. The van der Waals surface area contributed by atoms with E-state index in [0.29, 0.717) is 34.2 Å². The molecule has 0 unspecified atom stereocenters. The van der Waals surface area contributed by atoms with E-state index in [-0.39, 0.29) is 0 Å². The number of rotatable bonds is 10. The monoisotopic (exact) mass is 604 g/mol. The predicted molar refractivity (Wildman–Crippen MR) is 188 cm³/mol. The fourth-order valence-electron chi connectivity index (χ4n) is 7.12. The quantitative estimate of drug-likeness (QED) is 0.143. The summed E-state index contributed by atoms with van der Waals surface area (Å²) in [6.45, 7) is 0. The van der Waals surface area contributed by atoms with Gasteiger partial charge in [-0.1, -0.05) is 158 Å². The average Bonchev–Trinajstić information content (AvgIpc) is 3.10. The molecule has 44 heavy (non-hydrogen) atoms. The van der Waals surface area contributed by atoms with Crippen LogP contribution in [0.3, 0.4) is 0 Å². The summed E-state index contributed by atoms with van der Waals surface area (Å²) in [6.07, 6.45) is 0. The number of thioether (sulfide) groups is 2. The maximum atomic E-state index is 2.37. The van der Waals surface area contributed by atoms with E-state index in [0.717, 1.165) is 0 Å². The molecule has 0 radical (unpaired) electrons. The molecule has 0 nitrogen and oxygen atoms in total. The van der Waals surface area contributed by atoms with Crippen molar-refractivity contribution in [2.75, 3.05) is 0 Å². The van der Waals surface area contributed by atoms with Crippen molar-refractivity contribution in [3.05, 3.63) is 204 Å². The summed E-state index contributed by atoms with van der Waals surface area (Å²) in [4.78, 5) is 2.64. The molecule has 0 amide bonds. The summed E-state index contributed by atoms with van der Waals surface area (Å²) in [5.74, 6) is 1.56. The average molecular weight is 605 g/mol. The van der Waals surface area contributed by atoms with E-state index < -0.39 is 0 Å². The molecule has 0 N–H and O–H groups in total. The van der Waals surface area contributed by atoms with E-state index >= 15 is 0 Å². The normalized spacial score (nSPS) is 20.7. The predicted octanol–water partition coefficient (Wildman–Crippen LogP) is 11.9. The van der Waals surface area contributed by atoms with Gasteiger partial charge in [-0.15, -0.1) is 23.5 Å². The van der Waals surface area contributed by atoms with Crippen LogP contribution >= 0.6 is 23.5 Å². The van der Waals surface area contributed by atoms with Gasteiger partial charge in [0.05, 0.1) is 0 Å². The van der Waals surface area contributed by atoms with Crippen molar-refractivity contribution in [2.45, 2.75) is 32.1 Å². The highest BCUT2D eigenvalue weighted by Gasteiger charge is 2.57. The van der Waals surface area contributed by atoms with E-state index in [1.807, 2.05) is 23.5 Å². The summed E-state index contributed by atoms with van der Waals surface area (Å²) >= 11 is 4.06. The van der Waals surface area contributed by atoms with Crippen molar-refractivity contribution in [1.82, 2.24) is 0 Å². The first-order valence-corrected chi connectivity index (χ1v) is 17.3. The molecule has 0 aliphatic heterocycles. The maximum absolute atomic E-state index is 2.37. The van der Waals surface area contributed by atoms with Gasteiger partial charge in [0.25, 0.3) is 0 Å². The maximum Gasteiger partial charge on any atom is 0.0384 e. The minimum atomic E-state index is 0.295. The van der Waals surface area contributed by atoms with Crippen LogP contribution in [0.15, 0.2) is 192 Å². The number of hydrogen-bond acceptors (Lipinski definition) is 2. The van der Waals surface area contributed by atoms with E-state index in [1.165, 1.54) is 32.0 Å². The van der Waals surface area contributed by atoms with Gasteiger partial charge in [-0.3, -0.25) is 0 Å². The molecule has 2 heteroatoms. The molecule has 7 rings (SSSR count). The van der Waals surface area contributed by atoms with Gasteiger partial charge in [0.1, 0.15) is 0 Å². The second-order valence-electron chi connectivity index (χ2n) is 11.6. The SMILES string of the molecule is c1ccc(S[C@H](c2ccccc2)C2C(c3ccccc3)C([C@H](Sc3ccccc3)c3ccccc3)C2c2ccccc2)cc1. The molecular formula is C42H36S2. The molecule has 216 valence electrons. The third-order valence-electron chi connectivity index (χ3n) is 9.00. The van der Waals surface area contributed by atoms with Crippen molar-refractivity contribution in [2.24, 2.45) is 11.8 Å². The minimum Gasteiger partial charge on any atom is -0.118 e. The lowest BCUT2D eigenvalue weighted by Gasteiger charge is -2.58. The molecule has 2 atom stereocenters. The third kappa shape index (κ3) is 6.15. The minimum absolute atomic E-state index is 0.295. The Morgan fingerprint density at radius 3 is 0.909 bits per heavy atom. The van der Waals surface area contributed by atoms with E-state index in [4.69, 9.17) is 0 Å². The Labute approximate surface area is 270 Å². The van der Waals surface area contributed by atoms with Crippen LogP contribution in [-0.2, 0) is 0 Å². The molecule has 0 bridgehead atoms. The highest BCUT2D eigenvalue weighted by atomic mass is 32.2. The molecule has 1 aliphatic rings. The van der Waals surface area contributed by atoms with Crippen LogP contribution in [0.5, 0.6) is 0 Å². The fraction of sp³-hybridized carbons (Fsp3) is 0.143. The number of benzene rings is 6. The summed E-state index contributed by atoms with van der Waals surface area (Å²) in [5.41, 5.74) is 5.69. The first-order valence-electron chi connectivity index (χ1n) is 15.5. The Balaban J connectivity index is 1.41. The van der Waals surface area contributed by atoms with Crippen LogP contribution in [0.2, 0.25) is 0 Å². The van der Waals surface area contributed by atoms with Gasteiger partial charge in [-0.05, 0) is 70.2 Å². The van der Waals surface area contributed by atoms with Gasteiger partial charge in [0.15, 0.2) is 0 Å². The Morgan fingerprint density at radius 2 is 0.591 bits per heavy atom. The molecule has 0 spiro atoms. The van der Waals surface area contributed by atoms with Gasteiger partial charge in [0.2, 0.25) is 0 Å². The lowest BCUT2D eigenvalue weighted by atomic mass is 9.49. The van der Waals surface area contributed by atoms with Crippen molar-refractivity contribution in [3.63, 3.8) is 0 Å². The molecule has 0 saturated heterocycles. The summed E-state index contributed by atoms with van der Waals surface area (Å²) in [6, 6.07) is 67.1. The molecule has 1 fully saturated rings. The van der Waals surface area contributed by atoms with Gasteiger partial charge in [0, 0.05) is 20.3 Å². The molecule has 6 aromatic carbocycles. The van der Waals surface area contributed by atoms with E-state index in [1.54, 1.807) is 0 Å². The van der Waals surface area contributed by atoms with Crippen molar-refractivity contribution in [1.29, 1.82) is 0 Å². The fourth-order valence-corrected chi connectivity index (χ4v) is 9.91. The zero-order chi connectivity index (χ0) is 29.6. The standard InChI is InChI=1S/C42H36S2/c1-7-19-31(20-8-1)37-39(41(33-23-11-3-12-24-33)43-35-27-15-5-16-28-35)38(32-21-9-2-10-22-32)40(37)42(34-25-13-4-14-26-34)44-36-29-17-6-18-30-36/h1-30,37-42H/t37?,38?,39?,40?,41-,42-/m1/s1. The third-order valence-corrected chi connectivity index (χ3v) is 11.8. The van der Waals surface area contributed by atoms with E-state index in [2.05, 4.69) is 182 Å². The van der Waals surface area contributed by atoms with Crippen LogP contribution in [0, 0.1) is 11.8 Å². The van der Waals surface area contributed by atoms with E-state index in [9.17, 15) is 0 Å². The largest absolute Gasteiger partial charge is 0.118 e. The van der Waals surface area contributed by atoms with Gasteiger partial charge >= 0.3 is 0 Å². The lowest BCUT2D eigenvalue weighted by molar-refractivity contribution is 0.0877. The molecular weight excluding hydrogens is 569 g/mol. The van der Waals surface area contributed by atoms with Crippen LogP contribution in [0.1, 0.15) is 44.6 Å². The van der Waals surface area contributed by atoms with Crippen molar-refractivity contribution < 1.29 is 0 Å². The summed E-state index contributed by atoms with van der Waals surface area (Å²) in [7, 11) is 0. The van der Waals surface area contributed by atoms with Crippen LogP contribution in [0.4, 0.5) is 0 Å². The van der Waals surface area contributed by atoms with Gasteiger partial charge < -0.3 is 0 Å². The Morgan fingerprint density at radius 1 is 0.318 bits per heavy atom. The second kappa shape index (κ2) is 13.8. The molecule has 0 aromatic heterocycles. The van der Waals surface area contributed by atoms with Crippen LogP contribution in [-0.4, -0.2) is 0 Å². The number of hydrogen-bond donors (Lipinski definition) is 0. The molecule has 0 heterocycles. The second-order valence-corrected chi connectivity index (χ2v) is 14.0. The highest BCUT2D eigenvalue weighted by molar-refractivity contribution is 7.99. The molecule has 6 aromatic rings. The Kier molecular flexibility index (Phi) is 9.00. The topological polar surface area (TPSA) is 0 Å².